The number of H-pyrrole nitrogens is 1. The van der Waals surface area contributed by atoms with Crippen LogP contribution in [0.25, 0.3) is 17.0 Å². The van der Waals surface area contributed by atoms with Gasteiger partial charge in [-0.05, 0) is 65.1 Å². The number of carbonyl (C=O) groups excluding carboxylic acids is 1. The van der Waals surface area contributed by atoms with Gasteiger partial charge < -0.3 is 24.1 Å². The summed E-state index contributed by atoms with van der Waals surface area (Å²) >= 11 is 0. The summed E-state index contributed by atoms with van der Waals surface area (Å²) in [6, 6.07) is 22.6. The van der Waals surface area contributed by atoms with Gasteiger partial charge in [-0.1, -0.05) is 36.4 Å². The van der Waals surface area contributed by atoms with Crippen LogP contribution >= 0.6 is 0 Å². The van der Waals surface area contributed by atoms with Crippen LogP contribution in [0.2, 0.25) is 0 Å². The molecule has 0 spiro atoms. The van der Waals surface area contributed by atoms with Crippen molar-refractivity contribution in [3.63, 3.8) is 0 Å². The molecule has 0 radical (unpaired) electrons. The van der Waals surface area contributed by atoms with Crippen LogP contribution in [0.3, 0.4) is 0 Å². The summed E-state index contributed by atoms with van der Waals surface area (Å²) < 4.78 is 17.1. The molecule has 0 unspecified atom stereocenters. The van der Waals surface area contributed by atoms with Gasteiger partial charge in [-0.15, -0.1) is 0 Å². The first kappa shape index (κ1) is 25.9. The second-order valence-corrected chi connectivity index (χ2v) is 10.9. The maximum absolute atomic E-state index is 13.7. The standard InChI is InChI=1S/C34H35N3O4/c38-32(12-7-24-5-9-27(10-6-24)40-22-18-36-16-20-39-21-17-36)37-15-13-29-28-3-1-2-4-30(28)35-33(29)34(37)26-8-11-31-25(23-26)14-19-41-31/h1-12,23,34-35H,13-22H2/t34-/m1/s1. The normalized spacial score (nSPS) is 18.8. The highest BCUT2D eigenvalue weighted by molar-refractivity contribution is 5.93. The Morgan fingerprint density at radius 1 is 0.976 bits per heavy atom. The Morgan fingerprint density at radius 2 is 1.83 bits per heavy atom. The van der Waals surface area contributed by atoms with Crippen LogP contribution in [0.1, 0.15) is 34.0 Å². The van der Waals surface area contributed by atoms with Gasteiger partial charge in [0.05, 0.1) is 25.9 Å². The molecule has 41 heavy (non-hydrogen) atoms. The molecule has 0 bridgehead atoms. The molecule has 0 aliphatic carbocycles. The maximum Gasteiger partial charge on any atom is 0.247 e. The first-order valence-corrected chi connectivity index (χ1v) is 14.6. The fourth-order valence-electron chi connectivity index (χ4n) is 6.26. The highest BCUT2D eigenvalue weighted by Gasteiger charge is 2.34. The van der Waals surface area contributed by atoms with E-state index in [0.29, 0.717) is 19.8 Å². The van der Waals surface area contributed by atoms with Gasteiger partial charge in [0.25, 0.3) is 0 Å². The van der Waals surface area contributed by atoms with Crippen LogP contribution < -0.4 is 9.47 Å². The first-order chi connectivity index (χ1) is 20.2. The number of rotatable bonds is 7. The molecule has 1 aromatic heterocycles. The van der Waals surface area contributed by atoms with Crippen molar-refractivity contribution in [3.8, 4) is 11.5 Å². The third kappa shape index (κ3) is 5.35. The topological polar surface area (TPSA) is 67.0 Å². The second kappa shape index (κ2) is 11.4. The quantitative estimate of drug-likeness (QED) is 0.329. The van der Waals surface area contributed by atoms with Crippen molar-refractivity contribution >= 4 is 22.9 Å². The molecule has 7 nitrogen and oxygen atoms in total. The number of ether oxygens (including phenoxy) is 3. The zero-order valence-corrected chi connectivity index (χ0v) is 23.2. The average molecular weight is 550 g/mol. The molecule has 210 valence electrons. The number of aromatic nitrogens is 1. The average Bonchev–Trinajstić information content (AvgIpc) is 3.65. The highest BCUT2D eigenvalue weighted by Crippen LogP contribution is 2.40. The van der Waals surface area contributed by atoms with E-state index in [9.17, 15) is 4.79 Å². The molecule has 7 heteroatoms. The number of fused-ring (bicyclic) bond motifs is 4. The zero-order chi connectivity index (χ0) is 27.6. The Hall–Kier alpha value is -4.07. The molecule has 3 aliphatic rings. The molecule has 4 aromatic rings. The number of carbonyl (C=O) groups is 1. The Bertz CT molecular complexity index is 1570. The lowest BCUT2D eigenvalue weighted by Crippen LogP contribution is -2.39. The van der Waals surface area contributed by atoms with Crippen LogP contribution in [0.5, 0.6) is 11.5 Å². The van der Waals surface area contributed by atoms with Gasteiger partial charge in [0.2, 0.25) is 5.91 Å². The lowest BCUT2D eigenvalue weighted by atomic mass is 9.91. The van der Waals surface area contributed by atoms with E-state index in [2.05, 4.69) is 52.3 Å². The Labute approximate surface area is 240 Å². The Kier molecular flexibility index (Phi) is 7.21. The lowest BCUT2D eigenvalue weighted by molar-refractivity contribution is -0.128. The first-order valence-electron chi connectivity index (χ1n) is 14.6. The van der Waals surface area contributed by atoms with E-state index < -0.39 is 0 Å². The van der Waals surface area contributed by atoms with Gasteiger partial charge in [-0.3, -0.25) is 9.69 Å². The van der Waals surface area contributed by atoms with E-state index in [1.807, 2.05) is 35.2 Å². The predicted octanol–water partition coefficient (Wildman–Crippen LogP) is 5.00. The van der Waals surface area contributed by atoms with E-state index in [1.165, 1.54) is 16.5 Å². The van der Waals surface area contributed by atoms with Gasteiger partial charge in [-0.2, -0.15) is 0 Å². The monoisotopic (exact) mass is 549 g/mol. The van der Waals surface area contributed by atoms with Crippen molar-refractivity contribution in [3.05, 3.63) is 101 Å². The number of amides is 1. The predicted molar refractivity (Wildman–Crippen MR) is 159 cm³/mol. The van der Waals surface area contributed by atoms with E-state index >= 15 is 0 Å². The molecule has 4 heterocycles. The number of nitrogens with one attached hydrogen (secondary N) is 1. The fraction of sp³-hybridized carbons (Fsp3) is 0.324. The van der Waals surface area contributed by atoms with E-state index in [-0.39, 0.29) is 11.9 Å². The third-order valence-corrected chi connectivity index (χ3v) is 8.43. The van der Waals surface area contributed by atoms with E-state index in [4.69, 9.17) is 14.2 Å². The summed E-state index contributed by atoms with van der Waals surface area (Å²) in [7, 11) is 0. The van der Waals surface area contributed by atoms with Crippen LogP contribution in [0.15, 0.2) is 72.8 Å². The summed E-state index contributed by atoms with van der Waals surface area (Å²) in [6.45, 7) is 6.42. The molecule has 1 N–H and O–H groups in total. The number of para-hydroxylation sites is 1. The molecule has 0 saturated carbocycles. The molecule has 1 amide bonds. The summed E-state index contributed by atoms with van der Waals surface area (Å²) in [5.41, 5.74) is 6.82. The van der Waals surface area contributed by atoms with Crippen LogP contribution in [-0.2, 0) is 22.4 Å². The number of aromatic amines is 1. The molecule has 1 fully saturated rings. The summed E-state index contributed by atoms with van der Waals surface area (Å²) in [4.78, 5) is 21.7. The lowest BCUT2D eigenvalue weighted by Gasteiger charge is -2.36. The largest absolute Gasteiger partial charge is 0.493 e. The summed E-state index contributed by atoms with van der Waals surface area (Å²) in [5.74, 6) is 1.79. The molecular formula is C34H35N3O4. The second-order valence-electron chi connectivity index (χ2n) is 10.9. The van der Waals surface area contributed by atoms with Gasteiger partial charge in [-0.25, -0.2) is 0 Å². The fourth-order valence-corrected chi connectivity index (χ4v) is 6.26. The van der Waals surface area contributed by atoms with Crippen LogP contribution in [0.4, 0.5) is 0 Å². The minimum Gasteiger partial charge on any atom is -0.493 e. The summed E-state index contributed by atoms with van der Waals surface area (Å²) in [5, 5.41) is 1.24. The third-order valence-electron chi connectivity index (χ3n) is 8.43. The number of morpholine rings is 1. The van der Waals surface area contributed by atoms with Crippen molar-refractivity contribution in [1.29, 1.82) is 0 Å². The van der Waals surface area contributed by atoms with Gasteiger partial charge in [0.1, 0.15) is 18.1 Å². The molecule has 3 aliphatic heterocycles. The smallest absolute Gasteiger partial charge is 0.247 e. The van der Waals surface area contributed by atoms with Crippen molar-refractivity contribution in [2.75, 3.05) is 52.6 Å². The Balaban J connectivity index is 1.09. The number of nitrogens with zero attached hydrogens (tertiary/aromatic N) is 2. The summed E-state index contributed by atoms with van der Waals surface area (Å²) in [6.07, 6.45) is 5.32. The van der Waals surface area contributed by atoms with Crippen LogP contribution in [0, 0.1) is 0 Å². The van der Waals surface area contributed by atoms with E-state index in [0.717, 1.165) is 79.5 Å². The number of hydrogen-bond donors (Lipinski definition) is 1. The molecule has 1 saturated heterocycles. The van der Waals surface area contributed by atoms with Gasteiger partial charge in [0, 0.05) is 55.3 Å². The van der Waals surface area contributed by atoms with Gasteiger partial charge in [0.15, 0.2) is 0 Å². The molecule has 7 rings (SSSR count). The highest BCUT2D eigenvalue weighted by atomic mass is 16.5. The van der Waals surface area contributed by atoms with Gasteiger partial charge >= 0.3 is 0 Å². The minimum absolute atomic E-state index is 0.00175. The zero-order valence-electron chi connectivity index (χ0n) is 23.2. The maximum atomic E-state index is 13.7. The van der Waals surface area contributed by atoms with Crippen molar-refractivity contribution < 1.29 is 19.0 Å². The van der Waals surface area contributed by atoms with Crippen LogP contribution in [-0.4, -0.2) is 73.3 Å². The number of benzene rings is 3. The van der Waals surface area contributed by atoms with E-state index in [1.54, 1.807) is 6.08 Å². The Morgan fingerprint density at radius 3 is 2.71 bits per heavy atom. The van der Waals surface area contributed by atoms with Crippen molar-refractivity contribution in [2.24, 2.45) is 0 Å². The molecule has 3 aromatic carbocycles. The number of hydrogen-bond acceptors (Lipinski definition) is 5. The molecule has 1 atom stereocenters. The SMILES string of the molecule is O=C(C=Cc1ccc(OCCN2CCOCC2)cc1)N1CCc2c([nH]c3ccccc23)[C@H]1c1ccc2c(c1)CCO2. The van der Waals surface area contributed by atoms with Crippen molar-refractivity contribution in [1.82, 2.24) is 14.8 Å². The minimum atomic E-state index is -0.184. The van der Waals surface area contributed by atoms with Crippen molar-refractivity contribution in [2.45, 2.75) is 18.9 Å². The molecular weight excluding hydrogens is 514 g/mol.